The van der Waals surface area contributed by atoms with Crippen LogP contribution in [-0.2, 0) is 0 Å². The molecule has 0 aromatic heterocycles. The van der Waals surface area contributed by atoms with Crippen molar-refractivity contribution < 1.29 is 0 Å². The lowest BCUT2D eigenvalue weighted by Crippen LogP contribution is -2.44. The van der Waals surface area contributed by atoms with Crippen LogP contribution in [0.1, 0.15) is 51.6 Å². The highest BCUT2D eigenvalue weighted by molar-refractivity contribution is 5.19. The lowest BCUT2D eigenvalue weighted by molar-refractivity contribution is 0.116. The normalized spacial score (nSPS) is 25.6. The summed E-state index contributed by atoms with van der Waals surface area (Å²) in [6, 6.07) is 12.1. The molecule has 1 aromatic rings. The van der Waals surface area contributed by atoms with E-state index < -0.39 is 0 Å². The first-order chi connectivity index (χ1) is 9.70. The molecular formula is C18H30N2. The van der Waals surface area contributed by atoms with E-state index in [1.54, 1.807) is 0 Å². The van der Waals surface area contributed by atoms with Gasteiger partial charge in [-0.25, -0.2) is 0 Å². The number of piperidine rings is 1. The van der Waals surface area contributed by atoms with Gasteiger partial charge >= 0.3 is 0 Å². The number of hydrogen-bond donors (Lipinski definition) is 1. The van der Waals surface area contributed by atoms with Crippen LogP contribution in [0.5, 0.6) is 0 Å². The summed E-state index contributed by atoms with van der Waals surface area (Å²) in [6.45, 7) is 10.5. The van der Waals surface area contributed by atoms with Gasteiger partial charge in [0, 0.05) is 18.6 Å². The molecule has 2 heteroatoms. The summed E-state index contributed by atoms with van der Waals surface area (Å²) in [5.74, 6) is 0.889. The van der Waals surface area contributed by atoms with Crippen molar-refractivity contribution in [2.75, 3.05) is 19.6 Å². The van der Waals surface area contributed by atoms with Gasteiger partial charge in [-0.05, 0) is 50.8 Å². The molecule has 112 valence electrons. The second-order valence-electron chi connectivity index (χ2n) is 6.39. The molecule has 1 fully saturated rings. The molecule has 20 heavy (non-hydrogen) atoms. The number of likely N-dealkylation sites (tertiary alicyclic amines) is 1. The van der Waals surface area contributed by atoms with E-state index in [2.05, 4.69) is 61.3 Å². The van der Waals surface area contributed by atoms with Crippen molar-refractivity contribution in [2.24, 2.45) is 5.92 Å². The standard InChI is InChI=1S/C18H30N2/c1-4-11-19-18(17-8-6-5-7-9-17)14-20-12-10-15(2)13-16(20)3/h5-9,15-16,18-19H,4,10-14H2,1-3H3. The SMILES string of the molecule is CCCNC(CN1CCC(C)CC1C)c1ccccc1. The Morgan fingerprint density at radius 3 is 2.65 bits per heavy atom. The molecule has 3 unspecified atom stereocenters. The van der Waals surface area contributed by atoms with Gasteiger partial charge in [0.2, 0.25) is 0 Å². The fraction of sp³-hybridized carbons (Fsp3) is 0.667. The summed E-state index contributed by atoms with van der Waals surface area (Å²) >= 11 is 0. The van der Waals surface area contributed by atoms with Gasteiger partial charge < -0.3 is 5.32 Å². The van der Waals surface area contributed by atoms with Crippen molar-refractivity contribution >= 4 is 0 Å². The maximum Gasteiger partial charge on any atom is 0.0449 e. The summed E-state index contributed by atoms with van der Waals surface area (Å²) in [4.78, 5) is 2.67. The van der Waals surface area contributed by atoms with Gasteiger partial charge in [0.05, 0.1) is 0 Å². The van der Waals surface area contributed by atoms with Gasteiger partial charge in [0.25, 0.3) is 0 Å². The fourth-order valence-corrected chi connectivity index (χ4v) is 3.25. The molecular weight excluding hydrogens is 244 g/mol. The Kier molecular flexibility index (Phi) is 6.06. The van der Waals surface area contributed by atoms with E-state index in [4.69, 9.17) is 0 Å². The highest BCUT2D eigenvalue weighted by Crippen LogP contribution is 2.24. The Labute approximate surface area is 124 Å². The topological polar surface area (TPSA) is 15.3 Å². The Morgan fingerprint density at radius 1 is 1.25 bits per heavy atom. The van der Waals surface area contributed by atoms with Gasteiger partial charge in [0.15, 0.2) is 0 Å². The molecule has 3 atom stereocenters. The van der Waals surface area contributed by atoms with Crippen molar-refractivity contribution in [1.82, 2.24) is 10.2 Å². The molecule has 1 aliphatic rings. The molecule has 1 saturated heterocycles. The third-order valence-electron chi connectivity index (χ3n) is 4.54. The first kappa shape index (κ1) is 15.5. The fourth-order valence-electron chi connectivity index (χ4n) is 3.25. The zero-order valence-electron chi connectivity index (χ0n) is 13.3. The van der Waals surface area contributed by atoms with Crippen molar-refractivity contribution in [3.63, 3.8) is 0 Å². The number of nitrogens with one attached hydrogen (secondary N) is 1. The van der Waals surface area contributed by atoms with Crippen LogP contribution >= 0.6 is 0 Å². The van der Waals surface area contributed by atoms with E-state index in [-0.39, 0.29) is 0 Å². The zero-order chi connectivity index (χ0) is 14.4. The molecule has 2 nitrogen and oxygen atoms in total. The van der Waals surface area contributed by atoms with E-state index in [9.17, 15) is 0 Å². The molecule has 0 radical (unpaired) electrons. The number of rotatable bonds is 6. The van der Waals surface area contributed by atoms with Crippen LogP contribution in [0.2, 0.25) is 0 Å². The maximum atomic E-state index is 3.72. The summed E-state index contributed by atoms with van der Waals surface area (Å²) < 4.78 is 0. The Balaban J connectivity index is 2.00. The van der Waals surface area contributed by atoms with E-state index >= 15 is 0 Å². The molecule has 0 spiro atoms. The molecule has 0 aliphatic carbocycles. The number of hydrogen-bond acceptors (Lipinski definition) is 2. The van der Waals surface area contributed by atoms with Crippen LogP contribution < -0.4 is 5.32 Å². The van der Waals surface area contributed by atoms with Crippen molar-refractivity contribution in [1.29, 1.82) is 0 Å². The average Bonchev–Trinajstić information content (AvgIpc) is 2.46. The highest BCUT2D eigenvalue weighted by atomic mass is 15.2. The molecule has 1 heterocycles. The van der Waals surface area contributed by atoms with Crippen LogP contribution in [0.3, 0.4) is 0 Å². The van der Waals surface area contributed by atoms with Crippen LogP contribution in [0.4, 0.5) is 0 Å². The number of benzene rings is 1. The third kappa shape index (κ3) is 4.32. The quantitative estimate of drug-likeness (QED) is 0.847. The summed E-state index contributed by atoms with van der Waals surface area (Å²) in [5, 5.41) is 3.72. The monoisotopic (exact) mass is 274 g/mol. The largest absolute Gasteiger partial charge is 0.309 e. The predicted octanol–water partition coefficient (Wildman–Crippen LogP) is 3.85. The highest BCUT2D eigenvalue weighted by Gasteiger charge is 2.25. The van der Waals surface area contributed by atoms with Crippen molar-refractivity contribution in [3.05, 3.63) is 35.9 Å². The predicted molar refractivity (Wildman–Crippen MR) is 86.9 cm³/mol. The molecule has 1 aromatic carbocycles. The van der Waals surface area contributed by atoms with Gasteiger partial charge in [-0.1, -0.05) is 44.2 Å². The van der Waals surface area contributed by atoms with E-state index in [1.165, 1.54) is 31.4 Å². The van der Waals surface area contributed by atoms with Crippen LogP contribution in [-0.4, -0.2) is 30.6 Å². The van der Waals surface area contributed by atoms with Gasteiger partial charge in [0.1, 0.15) is 0 Å². The third-order valence-corrected chi connectivity index (χ3v) is 4.54. The minimum absolute atomic E-state index is 0.465. The van der Waals surface area contributed by atoms with Crippen LogP contribution in [0.25, 0.3) is 0 Å². The smallest absolute Gasteiger partial charge is 0.0449 e. The molecule has 1 N–H and O–H groups in total. The maximum absolute atomic E-state index is 3.72. The number of nitrogens with zero attached hydrogens (tertiary/aromatic N) is 1. The van der Waals surface area contributed by atoms with Crippen LogP contribution in [0, 0.1) is 5.92 Å². The minimum atomic E-state index is 0.465. The molecule has 2 rings (SSSR count). The second-order valence-corrected chi connectivity index (χ2v) is 6.39. The first-order valence-corrected chi connectivity index (χ1v) is 8.23. The molecule has 0 saturated carbocycles. The summed E-state index contributed by atoms with van der Waals surface area (Å²) in [7, 11) is 0. The molecule has 0 amide bonds. The average molecular weight is 274 g/mol. The first-order valence-electron chi connectivity index (χ1n) is 8.23. The second kappa shape index (κ2) is 7.80. The van der Waals surface area contributed by atoms with Crippen LogP contribution in [0.15, 0.2) is 30.3 Å². The Hall–Kier alpha value is -0.860. The lowest BCUT2D eigenvalue weighted by atomic mass is 9.92. The summed E-state index contributed by atoms with van der Waals surface area (Å²) in [6.07, 6.45) is 3.88. The van der Waals surface area contributed by atoms with E-state index in [1.807, 2.05) is 0 Å². The minimum Gasteiger partial charge on any atom is -0.309 e. The Bertz CT molecular complexity index is 376. The summed E-state index contributed by atoms with van der Waals surface area (Å²) in [5.41, 5.74) is 1.42. The van der Waals surface area contributed by atoms with Gasteiger partial charge in [-0.2, -0.15) is 0 Å². The van der Waals surface area contributed by atoms with Crippen molar-refractivity contribution in [2.45, 2.75) is 52.1 Å². The van der Waals surface area contributed by atoms with Gasteiger partial charge in [-0.15, -0.1) is 0 Å². The molecule has 0 bridgehead atoms. The van der Waals surface area contributed by atoms with Gasteiger partial charge in [-0.3, -0.25) is 4.90 Å². The van der Waals surface area contributed by atoms with E-state index in [0.29, 0.717) is 12.1 Å². The zero-order valence-corrected chi connectivity index (χ0v) is 13.3. The lowest BCUT2D eigenvalue weighted by Gasteiger charge is -2.38. The van der Waals surface area contributed by atoms with Crippen molar-refractivity contribution in [3.8, 4) is 0 Å². The Morgan fingerprint density at radius 2 is 2.00 bits per heavy atom. The molecule has 1 aliphatic heterocycles. The van der Waals surface area contributed by atoms with E-state index in [0.717, 1.165) is 19.0 Å².